The third-order valence-corrected chi connectivity index (χ3v) is 4.66. The van der Waals surface area contributed by atoms with Gasteiger partial charge in [0.15, 0.2) is 5.60 Å². The summed E-state index contributed by atoms with van der Waals surface area (Å²) in [6.07, 6.45) is 4.56. The molecule has 23 heavy (non-hydrogen) atoms. The van der Waals surface area contributed by atoms with Gasteiger partial charge in [-0.3, -0.25) is 14.6 Å². The van der Waals surface area contributed by atoms with Gasteiger partial charge in [-0.15, -0.1) is 0 Å². The molecule has 1 atom stereocenters. The molecule has 0 N–H and O–H groups in total. The van der Waals surface area contributed by atoms with E-state index in [1.807, 2.05) is 25.2 Å². The van der Waals surface area contributed by atoms with Crippen molar-refractivity contribution in [3.05, 3.63) is 30.1 Å². The molecule has 0 aromatic carbocycles. The van der Waals surface area contributed by atoms with Crippen molar-refractivity contribution in [3.8, 4) is 0 Å². The summed E-state index contributed by atoms with van der Waals surface area (Å²) in [4.78, 5) is 33.0. The number of likely N-dealkylation sites (N-methyl/N-ethyl adjacent to an activating group) is 1. The summed E-state index contributed by atoms with van der Waals surface area (Å²) in [5.74, 6) is 0.0106. The fourth-order valence-corrected chi connectivity index (χ4v) is 3.36. The van der Waals surface area contributed by atoms with E-state index in [1.165, 1.54) is 0 Å². The van der Waals surface area contributed by atoms with E-state index in [2.05, 4.69) is 4.98 Å². The van der Waals surface area contributed by atoms with Crippen molar-refractivity contribution in [1.29, 1.82) is 0 Å². The van der Waals surface area contributed by atoms with Gasteiger partial charge in [-0.05, 0) is 31.4 Å². The second-order valence-corrected chi connectivity index (χ2v) is 6.34. The van der Waals surface area contributed by atoms with E-state index in [0.29, 0.717) is 26.1 Å². The Labute approximate surface area is 136 Å². The van der Waals surface area contributed by atoms with Crippen molar-refractivity contribution in [1.82, 2.24) is 14.8 Å². The second-order valence-electron chi connectivity index (χ2n) is 6.34. The Bertz CT molecular complexity index is 578. The molecule has 1 aromatic heterocycles. The van der Waals surface area contributed by atoms with Crippen molar-refractivity contribution in [2.75, 3.05) is 33.3 Å². The van der Waals surface area contributed by atoms with E-state index in [9.17, 15) is 9.59 Å². The van der Waals surface area contributed by atoms with Gasteiger partial charge in [0.2, 0.25) is 5.91 Å². The number of amides is 2. The molecule has 3 heterocycles. The molecule has 0 saturated carbocycles. The van der Waals surface area contributed by atoms with E-state index < -0.39 is 5.60 Å². The van der Waals surface area contributed by atoms with Crippen LogP contribution in [0.15, 0.2) is 24.4 Å². The highest BCUT2D eigenvalue weighted by Gasteiger charge is 2.46. The molecule has 6 nitrogen and oxygen atoms in total. The number of likely N-dealkylation sites (tertiary alicyclic amines) is 1. The van der Waals surface area contributed by atoms with Crippen molar-refractivity contribution < 1.29 is 14.3 Å². The third kappa shape index (κ3) is 3.37. The molecule has 6 heteroatoms. The summed E-state index contributed by atoms with van der Waals surface area (Å²) in [6, 6.07) is 5.55. The van der Waals surface area contributed by atoms with Gasteiger partial charge in [-0.2, -0.15) is 0 Å². The van der Waals surface area contributed by atoms with Gasteiger partial charge in [0, 0.05) is 32.0 Å². The first-order chi connectivity index (χ1) is 11.1. The number of morpholine rings is 1. The van der Waals surface area contributed by atoms with Crippen molar-refractivity contribution >= 4 is 11.8 Å². The molecule has 1 spiro atoms. The zero-order valence-corrected chi connectivity index (χ0v) is 13.5. The molecule has 2 fully saturated rings. The molecule has 0 radical (unpaired) electrons. The maximum atomic E-state index is 12.7. The van der Waals surface area contributed by atoms with Crippen LogP contribution in [0.5, 0.6) is 0 Å². The van der Waals surface area contributed by atoms with E-state index >= 15 is 0 Å². The zero-order chi connectivity index (χ0) is 16.3. The quantitative estimate of drug-likeness (QED) is 0.812. The lowest BCUT2D eigenvalue weighted by Crippen LogP contribution is -2.60. The largest absolute Gasteiger partial charge is 0.361 e. The Hall–Kier alpha value is -1.95. The highest BCUT2D eigenvalue weighted by atomic mass is 16.5. The molecule has 2 aliphatic heterocycles. The van der Waals surface area contributed by atoms with Crippen LogP contribution in [-0.4, -0.2) is 65.5 Å². The molecule has 2 saturated heterocycles. The maximum absolute atomic E-state index is 12.7. The van der Waals surface area contributed by atoms with Gasteiger partial charge < -0.3 is 14.5 Å². The van der Waals surface area contributed by atoms with Crippen LogP contribution in [0.2, 0.25) is 0 Å². The smallest absolute Gasteiger partial charge is 0.256 e. The van der Waals surface area contributed by atoms with Crippen LogP contribution in [0.25, 0.3) is 0 Å². The Kier molecular flexibility index (Phi) is 4.61. The molecule has 3 rings (SSSR count). The van der Waals surface area contributed by atoms with Gasteiger partial charge in [-0.1, -0.05) is 6.07 Å². The third-order valence-electron chi connectivity index (χ3n) is 4.66. The molecule has 0 aliphatic carbocycles. The molecular formula is C17H23N3O3. The van der Waals surface area contributed by atoms with Crippen LogP contribution >= 0.6 is 0 Å². The lowest BCUT2D eigenvalue weighted by atomic mass is 9.94. The molecule has 0 bridgehead atoms. The first kappa shape index (κ1) is 15.9. The number of pyridine rings is 1. The van der Waals surface area contributed by atoms with Crippen molar-refractivity contribution in [3.63, 3.8) is 0 Å². The van der Waals surface area contributed by atoms with Crippen LogP contribution in [0.3, 0.4) is 0 Å². The van der Waals surface area contributed by atoms with Gasteiger partial charge >= 0.3 is 0 Å². The lowest BCUT2D eigenvalue weighted by Gasteiger charge is -2.42. The van der Waals surface area contributed by atoms with Crippen molar-refractivity contribution in [2.45, 2.75) is 31.3 Å². The number of nitrogens with zero attached hydrogens (tertiary/aromatic N) is 3. The Balaban J connectivity index is 1.72. The minimum Gasteiger partial charge on any atom is -0.361 e. The maximum Gasteiger partial charge on any atom is 0.256 e. The van der Waals surface area contributed by atoms with E-state index in [1.54, 1.807) is 16.0 Å². The average molecular weight is 317 g/mol. The summed E-state index contributed by atoms with van der Waals surface area (Å²) in [6.45, 7) is 2.05. The number of hydrogen-bond donors (Lipinski definition) is 0. The molecule has 2 aliphatic rings. The van der Waals surface area contributed by atoms with Crippen LogP contribution in [0.1, 0.15) is 25.0 Å². The molecule has 2 amide bonds. The summed E-state index contributed by atoms with van der Waals surface area (Å²) >= 11 is 0. The topological polar surface area (TPSA) is 62.7 Å². The highest BCUT2D eigenvalue weighted by Crippen LogP contribution is 2.29. The predicted molar refractivity (Wildman–Crippen MR) is 84.7 cm³/mol. The van der Waals surface area contributed by atoms with E-state index in [0.717, 1.165) is 25.1 Å². The minimum atomic E-state index is -0.858. The van der Waals surface area contributed by atoms with E-state index in [-0.39, 0.29) is 18.2 Å². The van der Waals surface area contributed by atoms with Gasteiger partial charge in [0.05, 0.1) is 19.6 Å². The minimum absolute atomic E-state index is 0.00494. The number of rotatable bonds is 2. The molecule has 124 valence electrons. The average Bonchev–Trinajstić information content (AvgIpc) is 2.70. The standard InChI is InChI=1S/C17H23N3O3/c1-19-9-5-3-7-17(16(19)22)13-20(10-11-23-17)15(21)12-14-6-2-4-8-18-14/h2,4,6,8H,3,5,7,9-13H2,1H3. The Morgan fingerprint density at radius 3 is 3.00 bits per heavy atom. The van der Waals surface area contributed by atoms with Crippen LogP contribution in [0, 0.1) is 0 Å². The second kappa shape index (κ2) is 6.66. The van der Waals surface area contributed by atoms with Gasteiger partial charge in [0.25, 0.3) is 5.91 Å². The first-order valence-electron chi connectivity index (χ1n) is 8.18. The van der Waals surface area contributed by atoms with Crippen LogP contribution in [-0.2, 0) is 20.7 Å². The van der Waals surface area contributed by atoms with Gasteiger partial charge in [-0.25, -0.2) is 0 Å². The highest BCUT2D eigenvalue weighted by molar-refractivity contribution is 5.87. The van der Waals surface area contributed by atoms with Crippen LogP contribution < -0.4 is 0 Å². The van der Waals surface area contributed by atoms with E-state index in [4.69, 9.17) is 4.74 Å². The zero-order valence-electron chi connectivity index (χ0n) is 13.5. The summed E-state index contributed by atoms with van der Waals surface area (Å²) in [5, 5.41) is 0. The van der Waals surface area contributed by atoms with Crippen molar-refractivity contribution in [2.24, 2.45) is 0 Å². The number of carbonyl (C=O) groups excluding carboxylic acids is 2. The lowest BCUT2D eigenvalue weighted by molar-refractivity contribution is -0.173. The number of hydrogen-bond acceptors (Lipinski definition) is 4. The summed E-state index contributed by atoms with van der Waals surface area (Å²) in [7, 11) is 1.81. The summed E-state index contributed by atoms with van der Waals surface area (Å²) < 4.78 is 5.90. The summed E-state index contributed by atoms with van der Waals surface area (Å²) in [5.41, 5.74) is -0.106. The Morgan fingerprint density at radius 1 is 1.35 bits per heavy atom. The molecule has 1 unspecified atom stereocenters. The first-order valence-corrected chi connectivity index (χ1v) is 8.18. The Morgan fingerprint density at radius 2 is 2.22 bits per heavy atom. The fraction of sp³-hybridized carbons (Fsp3) is 0.588. The molecule has 1 aromatic rings. The number of carbonyl (C=O) groups is 2. The molecular weight excluding hydrogens is 294 g/mol. The normalized spacial score (nSPS) is 25.5. The van der Waals surface area contributed by atoms with Gasteiger partial charge in [0.1, 0.15) is 0 Å². The van der Waals surface area contributed by atoms with Crippen LogP contribution in [0.4, 0.5) is 0 Å². The number of aromatic nitrogens is 1. The fourth-order valence-electron chi connectivity index (χ4n) is 3.36. The SMILES string of the molecule is CN1CCCCC2(CN(C(=O)Cc3ccccn3)CCO2)C1=O. The predicted octanol–water partition coefficient (Wildman–Crippen LogP) is 0.864. The number of ether oxygens (including phenoxy) is 1. The monoisotopic (exact) mass is 317 g/mol.